The Kier molecular flexibility index (Phi) is 10.5. The van der Waals surface area contributed by atoms with Crippen LogP contribution in [0, 0.1) is 5.92 Å². The summed E-state index contributed by atoms with van der Waals surface area (Å²) in [4.78, 5) is 12.1. The van der Waals surface area contributed by atoms with Crippen molar-refractivity contribution in [3.63, 3.8) is 0 Å². The second-order valence-corrected chi connectivity index (χ2v) is 7.93. The van der Waals surface area contributed by atoms with Crippen LogP contribution in [0.3, 0.4) is 0 Å². The molecule has 0 saturated heterocycles. The molecule has 6 nitrogen and oxygen atoms in total. The lowest BCUT2D eigenvalue weighted by Crippen LogP contribution is -2.37. The molecule has 2 aromatic rings. The van der Waals surface area contributed by atoms with Crippen LogP contribution in [0.2, 0.25) is 0 Å². The molecule has 172 valence electrons. The van der Waals surface area contributed by atoms with E-state index in [1.54, 1.807) is 13.2 Å². The highest BCUT2D eigenvalue weighted by Crippen LogP contribution is 2.28. The Morgan fingerprint density at radius 2 is 1.84 bits per heavy atom. The third kappa shape index (κ3) is 8.98. The molecule has 0 saturated carbocycles. The Labute approximate surface area is 196 Å². The maximum absolute atomic E-state index is 12.1. The molecule has 0 radical (unpaired) electrons. The van der Waals surface area contributed by atoms with Crippen molar-refractivity contribution < 1.29 is 19.0 Å². The Morgan fingerprint density at radius 1 is 1.09 bits per heavy atom. The molecule has 0 bridgehead atoms. The van der Waals surface area contributed by atoms with E-state index in [4.69, 9.17) is 26.4 Å². The smallest absolute Gasteiger partial charge is 0.250 e. The Morgan fingerprint density at radius 3 is 2.50 bits per heavy atom. The summed E-state index contributed by atoms with van der Waals surface area (Å²) < 4.78 is 16.7. The summed E-state index contributed by atoms with van der Waals surface area (Å²) in [6.07, 6.45) is 4.14. The van der Waals surface area contributed by atoms with Gasteiger partial charge in [0.15, 0.2) is 16.6 Å². The van der Waals surface area contributed by atoms with Crippen LogP contribution < -0.4 is 24.8 Å². The van der Waals surface area contributed by atoms with E-state index in [0.717, 1.165) is 23.3 Å². The SMILES string of the molecule is CCOc1ccc(/C=C/C(=O)NC(=S)NCc2ccc(OCCC(C)C)c(OC)c2)cc1. The summed E-state index contributed by atoms with van der Waals surface area (Å²) >= 11 is 5.23. The second kappa shape index (κ2) is 13.4. The summed E-state index contributed by atoms with van der Waals surface area (Å²) in [7, 11) is 1.61. The Bertz CT molecular complexity index is 911. The minimum absolute atomic E-state index is 0.252. The van der Waals surface area contributed by atoms with Gasteiger partial charge in [-0.15, -0.1) is 0 Å². The number of amides is 1. The van der Waals surface area contributed by atoms with Crippen molar-refractivity contribution >= 4 is 29.3 Å². The number of benzene rings is 2. The summed E-state index contributed by atoms with van der Waals surface area (Å²) in [6.45, 7) is 7.96. The van der Waals surface area contributed by atoms with Gasteiger partial charge in [0.1, 0.15) is 5.75 Å². The van der Waals surface area contributed by atoms with Crippen molar-refractivity contribution in [1.29, 1.82) is 0 Å². The molecule has 0 aliphatic carbocycles. The lowest BCUT2D eigenvalue weighted by molar-refractivity contribution is -0.115. The van der Waals surface area contributed by atoms with Crippen LogP contribution in [0.5, 0.6) is 17.2 Å². The first-order valence-electron chi connectivity index (χ1n) is 10.7. The zero-order chi connectivity index (χ0) is 23.3. The molecule has 0 aromatic heterocycles. The van der Waals surface area contributed by atoms with Gasteiger partial charge in [-0.25, -0.2) is 0 Å². The highest BCUT2D eigenvalue weighted by molar-refractivity contribution is 7.80. The van der Waals surface area contributed by atoms with Gasteiger partial charge in [-0.05, 0) is 72.9 Å². The first-order valence-corrected chi connectivity index (χ1v) is 11.1. The van der Waals surface area contributed by atoms with Crippen LogP contribution in [0.4, 0.5) is 0 Å². The molecule has 2 rings (SSSR count). The van der Waals surface area contributed by atoms with Crippen molar-refractivity contribution in [2.24, 2.45) is 5.92 Å². The Balaban J connectivity index is 1.81. The molecule has 1 amide bonds. The number of nitrogens with one attached hydrogen (secondary N) is 2. The summed E-state index contributed by atoms with van der Waals surface area (Å²) in [5, 5.41) is 5.93. The molecule has 0 fully saturated rings. The molecule has 32 heavy (non-hydrogen) atoms. The number of carbonyl (C=O) groups is 1. The highest BCUT2D eigenvalue weighted by atomic mass is 32.1. The first kappa shape index (κ1) is 25.2. The summed E-state index contributed by atoms with van der Waals surface area (Å²) in [5.74, 6) is 2.46. The van der Waals surface area contributed by atoms with Gasteiger partial charge in [-0.1, -0.05) is 32.0 Å². The number of hydrogen-bond donors (Lipinski definition) is 2. The molecule has 0 unspecified atom stereocenters. The number of hydrogen-bond acceptors (Lipinski definition) is 5. The first-order chi connectivity index (χ1) is 15.4. The van der Waals surface area contributed by atoms with Crippen LogP contribution in [-0.4, -0.2) is 31.3 Å². The molecule has 7 heteroatoms. The predicted molar refractivity (Wildman–Crippen MR) is 132 cm³/mol. The molecule has 0 spiro atoms. The highest BCUT2D eigenvalue weighted by Gasteiger charge is 2.08. The van der Waals surface area contributed by atoms with Crippen molar-refractivity contribution in [2.45, 2.75) is 33.7 Å². The van der Waals surface area contributed by atoms with Crippen LogP contribution in [-0.2, 0) is 11.3 Å². The third-order valence-corrected chi connectivity index (χ3v) is 4.74. The van der Waals surface area contributed by atoms with Gasteiger partial charge in [0.05, 0.1) is 20.3 Å². The Hall–Kier alpha value is -3.06. The number of rotatable bonds is 11. The minimum Gasteiger partial charge on any atom is -0.494 e. The molecule has 2 aromatic carbocycles. The maximum atomic E-state index is 12.1. The monoisotopic (exact) mass is 456 g/mol. The van der Waals surface area contributed by atoms with E-state index in [2.05, 4.69) is 24.5 Å². The fourth-order valence-electron chi connectivity index (χ4n) is 2.74. The van der Waals surface area contributed by atoms with Crippen molar-refractivity contribution in [2.75, 3.05) is 20.3 Å². The second-order valence-electron chi connectivity index (χ2n) is 7.52. The predicted octanol–water partition coefficient (Wildman–Crippen LogP) is 4.72. The maximum Gasteiger partial charge on any atom is 0.250 e. The van der Waals surface area contributed by atoms with Gasteiger partial charge in [-0.2, -0.15) is 0 Å². The largest absolute Gasteiger partial charge is 0.494 e. The van der Waals surface area contributed by atoms with E-state index >= 15 is 0 Å². The van der Waals surface area contributed by atoms with Gasteiger partial charge in [0.2, 0.25) is 5.91 Å². The van der Waals surface area contributed by atoms with Gasteiger partial charge in [-0.3, -0.25) is 10.1 Å². The summed E-state index contributed by atoms with van der Waals surface area (Å²) in [6, 6.07) is 13.2. The van der Waals surface area contributed by atoms with E-state index in [1.807, 2.05) is 49.4 Å². The molecular formula is C25H32N2O4S. The van der Waals surface area contributed by atoms with Crippen LogP contribution >= 0.6 is 12.2 Å². The normalized spacial score (nSPS) is 10.8. The van der Waals surface area contributed by atoms with E-state index in [-0.39, 0.29) is 11.0 Å². The number of thiocarbonyl (C=S) groups is 1. The zero-order valence-corrected chi connectivity index (χ0v) is 20.0. The van der Waals surface area contributed by atoms with Gasteiger partial charge < -0.3 is 19.5 Å². The van der Waals surface area contributed by atoms with Crippen molar-refractivity contribution in [3.05, 3.63) is 59.7 Å². The quantitative estimate of drug-likeness (QED) is 0.377. The fourth-order valence-corrected chi connectivity index (χ4v) is 2.91. The topological polar surface area (TPSA) is 68.8 Å². The average molecular weight is 457 g/mol. The van der Waals surface area contributed by atoms with Crippen LogP contribution in [0.1, 0.15) is 38.3 Å². The van der Waals surface area contributed by atoms with Gasteiger partial charge in [0, 0.05) is 12.6 Å². The number of methoxy groups -OCH3 is 1. The number of ether oxygens (including phenoxy) is 3. The van der Waals surface area contributed by atoms with Crippen LogP contribution in [0.25, 0.3) is 6.08 Å². The molecular weight excluding hydrogens is 424 g/mol. The molecule has 0 aliphatic heterocycles. The number of carbonyl (C=O) groups excluding carboxylic acids is 1. The zero-order valence-electron chi connectivity index (χ0n) is 19.1. The standard InChI is InChI=1S/C25H32N2O4S/c1-5-30-21-10-6-19(7-11-21)9-13-24(28)27-25(32)26-17-20-8-12-22(23(16-20)29-4)31-15-14-18(2)3/h6-13,16,18H,5,14-15,17H2,1-4H3,(H2,26,27,28,32)/b13-9+. The average Bonchev–Trinajstić information content (AvgIpc) is 2.77. The summed E-state index contributed by atoms with van der Waals surface area (Å²) in [5.41, 5.74) is 1.85. The molecule has 0 heterocycles. The van der Waals surface area contributed by atoms with Gasteiger partial charge in [0.25, 0.3) is 0 Å². The van der Waals surface area contributed by atoms with Crippen LogP contribution in [0.15, 0.2) is 48.5 Å². The molecule has 0 atom stereocenters. The fraction of sp³-hybridized carbons (Fsp3) is 0.360. The van der Waals surface area contributed by atoms with Crippen molar-refractivity contribution in [3.8, 4) is 17.2 Å². The van der Waals surface area contributed by atoms with Crippen molar-refractivity contribution in [1.82, 2.24) is 10.6 Å². The lowest BCUT2D eigenvalue weighted by Gasteiger charge is -2.14. The van der Waals surface area contributed by atoms with E-state index in [0.29, 0.717) is 37.2 Å². The van der Waals surface area contributed by atoms with E-state index in [9.17, 15) is 4.79 Å². The van der Waals surface area contributed by atoms with E-state index in [1.165, 1.54) is 6.08 Å². The third-order valence-electron chi connectivity index (χ3n) is 4.49. The lowest BCUT2D eigenvalue weighted by atomic mass is 10.1. The van der Waals surface area contributed by atoms with E-state index < -0.39 is 0 Å². The molecule has 2 N–H and O–H groups in total. The molecule has 0 aliphatic rings. The minimum atomic E-state index is -0.303. The van der Waals surface area contributed by atoms with Gasteiger partial charge >= 0.3 is 0 Å².